The van der Waals surface area contributed by atoms with Crippen molar-refractivity contribution in [3.8, 4) is 11.5 Å². The molecule has 3 aromatic rings. The summed E-state index contributed by atoms with van der Waals surface area (Å²) in [5.41, 5.74) is 9.09. The van der Waals surface area contributed by atoms with E-state index in [-0.39, 0.29) is 6.04 Å². The predicted octanol–water partition coefficient (Wildman–Crippen LogP) is 4.17. The number of rotatable bonds is 6. The highest BCUT2D eigenvalue weighted by molar-refractivity contribution is 6.31. The van der Waals surface area contributed by atoms with E-state index in [1.54, 1.807) is 14.2 Å². The van der Waals surface area contributed by atoms with Gasteiger partial charge in [-0.05, 0) is 18.1 Å². The van der Waals surface area contributed by atoms with Gasteiger partial charge in [0.15, 0.2) is 11.5 Å². The number of methoxy groups -OCH3 is 2. The summed E-state index contributed by atoms with van der Waals surface area (Å²) in [6.07, 6.45) is 0.792. The minimum atomic E-state index is -0.160. The van der Waals surface area contributed by atoms with E-state index in [1.807, 2.05) is 43.3 Å². The number of ether oxygens (including phenoxy) is 2. The average molecular weight is 360 g/mol. The lowest BCUT2D eigenvalue weighted by atomic mass is 10.2. The Morgan fingerprint density at radius 2 is 1.84 bits per heavy atom. The Morgan fingerprint density at radius 1 is 1.16 bits per heavy atom. The maximum atomic E-state index is 6.35. The van der Waals surface area contributed by atoms with Gasteiger partial charge >= 0.3 is 0 Å². The van der Waals surface area contributed by atoms with E-state index in [1.165, 1.54) is 0 Å². The first kappa shape index (κ1) is 17.6. The van der Waals surface area contributed by atoms with Crippen LogP contribution in [0.3, 0.4) is 0 Å². The third-order valence-electron chi connectivity index (χ3n) is 4.34. The van der Waals surface area contributed by atoms with E-state index < -0.39 is 0 Å². The normalized spacial score (nSPS) is 12.4. The van der Waals surface area contributed by atoms with Gasteiger partial charge in [0, 0.05) is 17.2 Å². The Morgan fingerprint density at radius 3 is 2.48 bits per heavy atom. The molecule has 0 amide bonds. The average Bonchev–Trinajstić information content (AvgIpc) is 2.99. The van der Waals surface area contributed by atoms with Crippen LogP contribution >= 0.6 is 11.6 Å². The smallest absolute Gasteiger partial charge is 0.163 e. The number of imidazole rings is 1. The van der Waals surface area contributed by atoms with Crippen molar-refractivity contribution >= 4 is 22.6 Å². The van der Waals surface area contributed by atoms with Crippen molar-refractivity contribution in [2.24, 2.45) is 5.73 Å². The number of nitrogens with zero attached hydrogens (tertiary/aromatic N) is 2. The summed E-state index contributed by atoms with van der Waals surface area (Å²) >= 11 is 6.35. The maximum Gasteiger partial charge on any atom is 0.163 e. The van der Waals surface area contributed by atoms with E-state index >= 15 is 0 Å². The molecule has 0 saturated carbocycles. The molecule has 0 saturated heterocycles. The van der Waals surface area contributed by atoms with Gasteiger partial charge in [0.25, 0.3) is 0 Å². The van der Waals surface area contributed by atoms with E-state index in [4.69, 9.17) is 31.8 Å². The Balaban J connectivity index is 2.20. The lowest BCUT2D eigenvalue weighted by Crippen LogP contribution is -2.16. The zero-order valence-electron chi connectivity index (χ0n) is 14.6. The molecule has 1 unspecified atom stereocenters. The highest BCUT2D eigenvalue weighted by Gasteiger charge is 2.19. The third-order valence-corrected chi connectivity index (χ3v) is 4.71. The molecule has 2 N–H and O–H groups in total. The molecule has 6 heteroatoms. The second-order valence-electron chi connectivity index (χ2n) is 5.86. The molecular weight excluding hydrogens is 338 g/mol. The minimum Gasteiger partial charge on any atom is -0.493 e. The number of hydrogen-bond donors (Lipinski definition) is 1. The Labute approximate surface area is 152 Å². The maximum absolute atomic E-state index is 6.35. The predicted molar refractivity (Wildman–Crippen MR) is 101 cm³/mol. The molecule has 3 rings (SSSR count). The van der Waals surface area contributed by atoms with E-state index in [0.29, 0.717) is 18.0 Å². The monoisotopic (exact) mass is 359 g/mol. The number of nitrogens with two attached hydrogens (primary N) is 1. The van der Waals surface area contributed by atoms with Crippen molar-refractivity contribution in [2.75, 3.05) is 14.2 Å². The number of halogens is 1. The summed E-state index contributed by atoms with van der Waals surface area (Å²) in [6.45, 7) is 2.64. The minimum absolute atomic E-state index is 0.160. The van der Waals surface area contributed by atoms with Crippen molar-refractivity contribution in [3.05, 3.63) is 52.8 Å². The highest BCUT2D eigenvalue weighted by atomic mass is 35.5. The molecule has 5 nitrogen and oxygen atoms in total. The van der Waals surface area contributed by atoms with Crippen LogP contribution in [0, 0.1) is 0 Å². The molecule has 0 aliphatic rings. The van der Waals surface area contributed by atoms with Crippen LogP contribution in [0.2, 0.25) is 5.02 Å². The van der Waals surface area contributed by atoms with Crippen molar-refractivity contribution in [1.82, 2.24) is 9.55 Å². The molecule has 0 bridgehead atoms. The number of benzene rings is 2. The fourth-order valence-corrected chi connectivity index (χ4v) is 3.09. The molecule has 0 radical (unpaired) electrons. The summed E-state index contributed by atoms with van der Waals surface area (Å²) in [5, 5.41) is 0.723. The van der Waals surface area contributed by atoms with Crippen LogP contribution in [0.4, 0.5) is 0 Å². The summed E-state index contributed by atoms with van der Waals surface area (Å²) in [6, 6.07) is 11.4. The van der Waals surface area contributed by atoms with Crippen molar-refractivity contribution < 1.29 is 9.47 Å². The number of aromatic nitrogens is 2. The van der Waals surface area contributed by atoms with Gasteiger partial charge in [-0.2, -0.15) is 0 Å². The standard InChI is InChI=1S/C19H22ClN3O2/c1-4-14(21)19-22-15-9-17(24-2)18(25-3)10-16(15)23(19)11-12-7-5-6-8-13(12)20/h5-10,14H,4,11,21H2,1-3H3. The molecule has 1 atom stereocenters. The van der Waals surface area contributed by atoms with Crippen molar-refractivity contribution in [2.45, 2.75) is 25.9 Å². The molecule has 1 aromatic heterocycles. The Kier molecular flexibility index (Phi) is 5.16. The Bertz CT molecular complexity index is 892. The summed E-state index contributed by atoms with van der Waals surface area (Å²) in [7, 11) is 3.24. The van der Waals surface area contributed by atoms with Crippen LogP contribution in [0.15, 0.2) is 36.4 Å². The topological polar surface area (TPSA) is 62.3 Å². The van der Waals surface area contributed by atoms with Crippen LogP contribution in [0.25, 0.3) is 11.0 Å². The van der Waals surface area contributed by atoms with Gasteiger partial charge in [-0.1, -0.05) is 36.7 Å². The van der Waals surface area contributed by atoms with Gasteiger partial charge in [-0.15, -0.1) is 0 Å². The molecule has 0 spiro atoms. The Hall–Kier alpha value is -2.24. The summed E-state index contributed by atoms with van der Waals surface area (Å²) in [4.78, 5) is 4.75. The van der Waals surface area contributed by atoms with Crippen LogP contribution in [-0.2, 0) is 6.54 Å². The first-order valence-corrected chi connectivity index (χ1v) is 8.58. The molecule has 0 aliphatic heterocycles. The number of hydrogen-bond acceptors (Lipinski definition) is 4. The number of fused-ring (bicyclic) bond motifs is 1. The molecule has 25 heavy (non-hydrogen) atoms. The van der Waals surface area contributed by atoms with Crippen LogP contribution in [-0.4, -0.2) is 23.8 Å². The zero-order valence-corrected chi connectivity index (χ0v) is 15.4. The summed E-state index contributed by atoms with van der Waals surface area (Å²) in [5.74, 6) is 2.13. The van der Waals surface area contributed by atoms with Crippen molar-refractivity contribution in [3.63, 3.8) is 0 Å². The van der Waals surface area contributed by atoms with E-state index in [9.17, 15) is 0 Å². The second kappa shape index (κ2) is 7.33. The van der Waals surface area contributed by atoms with Crippen LogP contribution in [0.1, 0.15) is 30.8 Å². The fraction of sp³-hybridized carbons (Fsp3) is 0.316. The van der Waals surface area contributed by atoms with E-state index in [2.05, 4.69) is 4.57 Å². The van der Waals surface area contributed by atoms with E-state index in [0.717, 1.165) is 33.9 Å². The van der Waals surface area contributed by atoms with Crippen LogP contribution in [0.5, 0.6) is 11.5 Å². The van der Waals surface area contributed by atoms with Crippen LogP contribution < -0.4 is 15.2 Å². The lowest BCUT2D eigenvalue weighted by molar-refractivity contribution is 0.355. The second-order valence-corrected chi connectivity index (χ2v) is 6.27. The first-order valence-electron chi connectivity index (χ1n) is 8.20. The summed E-state index contributed by atoms with van der Waals surface area (Å²) < 4.78 is 12.9. The van der Waals surface area contributed by atoms with Gasteiger partial charge in [0.1, 0.15) is 5.82 Å². The van der Waals surface area contributed by atoms with Gasteiger partial charge in [-0.25, -0.2) is 4.98 Å². The zero-order chi connectivity index (χ0) is 18.0. The fourth-order valence-electron chi connectivity index (χ4n) is 2.90. The van der Waals surface area contributed by atoms with Crippen molar-refractivity contribution in [1.29, 1.82) is 0 Å². The largest absolute Gasteiger partial charge is 0.493 e. The van der Waals surface area contributed by atoms with Gasteiger partial charge in [0.2, 0.25) is 0 Å². The molecule has 2 aromatic carbocycles. The van der Waals surface area contributed by atoms with Gasteiger partial charge in [-0.3, -0.25) is 0 Å². The highest BCUT2D eigenvalue weighted by Crippen LogP contribution is 2.34. The third kappa shape index (κ3) is 3.30. The quantitative estimate of drug-likeness (QED) is 0.717. The molecule has 0 fully saturated rings. The lowest BCUT2D eigenvalue weighted by Gasteiger charge is -2.15. The molecule has 0 aliphatic carbocycles. The molecule has 132 valence electrons. The van der Waals surface area contributed by atoms with Gasteiger partial charge < -0.3 is 19.8 Å². The molecule has 1 heterocycles. The van der Waals surface area contributed by atoms with Gasteiger partial charge in [0.05, 0.1) is 37.8 Å². The SMILES string of the molecule is CCC(N)c1nc2cc(OC)c(OC)cc2n1Cc1ccccc1Cl. The first-order chi connectivity index (χ1) is 12.1. The molecular formula is C19H22ClN3O2.